The molecule has 0 aliphatic heterocycles. The first-order valence-electron chi connectivity index (χ1n) is 4.95. The minimum absolute atomic E-state index is 0.410. The topological polar surface area (TPSA) is 64.7 Å². The van der Waals surface area contributed by atoms with Gasteiger partial charge < -0.3 is 4.42 Å². The van der Waals surface area contributed by atoms with Gasteiger partial charge in [-0.15, -0.1) is 10.2 Å². The highest BCUT2D eigenvalue weighted by atomic mass is 35.5. The third-order valence-electron chi connectivity index (χ3n) is 2.36. The summed E-state index contributed by atoms with van der Waals surface area (Å²) in [6.07, 6.45) is 1.43. The van der Waals surface area contributed by atoms with Crippen LogP contribution in [0.4, 0.5) is 0 Å². The number of halogens is 1. The maximum absolute atomic E-state index is 6.00. The van der Waals surface area contributed by atoms with Crippen LogP contribution in [-0.4, -0.2) is 20.2 Å². The number of aromatic nitrogens is 4. The molecule has 0 saturated heterocycles. The molecule has 0 saturated carbocycles. The fraction of sp³-hybridized carbons (Fsp3) is 0.0909. The van der Waals surface area contributed by atoms with Gasteiger partial charge in [0.2, 0.25) is 11.8 Å². The van der Waals surface area contributed by atoms with E-state index in [1.54, 1.807) is 6.92 Å². The van der Waals surface area contributed by atoms with Gasteiger partial charge in [0.05, 0.1) is 5.52 Å². The van der Waals surface area contributed by atoms with Crippen molar-refractivity contribution in [1.82, 2.24) is 20.2 Å². The van der Waals surface area contributed by atoms with E-state index in [0.29, 0.717) is 16.9 Å². The Morgan fingerprint density at radius 2 is 2.06 bits per heavy atom. The van der Waals surface area contributed by atoms with Crippen molar-refractivity contribution < 1.29 is 4.42 Å². The van der Waals surface area contributed by atoms with Crippen molar-refractivity contribution in [2.45, 2.75) is 6.92 Å². The van der Waals surface area contributed by atoms with E-state index in [2.05, 4.69) is 20.2 Å². The van der Waals surface area contributed by atoms with Crippen LogP contribution in [0, 0.1) is 6.92 Å². The maximum Gasteiger partial charge on any atom is 0.247 e. The lowest BCUT2D eigenvalue weighted by Crippen LogP contribution is -1.85. The van der Waals surface area contributed by atoms with E-state index >= 15 is 0 Å². The van der Waals surface area contributed by atoms with Crippen molar-refractivity contribution >= 4 is 22.5 Å². The van der Waals surface area contributed by atoms with Gasteiger partial charge in [0.1, 0.15) is 11.5 Å². The van der Waals surface area contributed by atoms with Gasteiger partial charge in [0, 0.05) is 17.9 Å². The molecule has 6 heteroatoms. The summed E-state index contributed by atoms with van der Waals surface area (Å²) >= 11 is 6.00. The smallest absolute Gasteiger partial charge is 0.247 e. The van der Waals surface area contributed by atoms with Crippen molar-refractivity contribution in [3.05, 3.63) is 35.6 Å². The molecule has 3 aromatic rings. The molecule has 0 aliphatic rings. The molecule has 0 spiro atoms. The number of hydrogen-bond acceptors (Lipinski definition) is 5. The molecular formula is C11H7ClN4O. The zero-order chi connectivity index (χ0) is 11.8. The third kappa shape index (κ3) is 1.74. The van der Waals surface area contributed by atoms with Gasteiger partial charge in [-0.25, -0.2) is 9.97 Å². The molecule has 17 heavy (non-hydrogen) atoms. The van der Waals surface area contributed by atoms with E-state index in [1.807, 2.05) is 18.2 Å². The summed E-state index contributed by atoms with van der Waals surface area (Å²) in [5.74, 6) is 0.986. The molecular weight excluding hydrogens is 240 g/mol. The number of hydrogen-bond donors (Lipinski definition) is 0. The lowest BCUT2D eigenvalue weighted by atomic mass is 10.1. The molecule has 0 fully saturated rings. The van der Waals surface area contributed by atoms with Gasteiger partial charge in [-0.1, -0.05) is 11.6 Å². The Morgan fingerprint density at radius 1 is 1.18 bits per heavy atom. The monoisotopic (exact) mass is 246 g/mol. The van der Waals surface area contributed by atoms with Crippen LogP contribution < -0.4 is 0 Å². The summed E-state index contributed by atoms with van der Waals surface area (Å²) in [5.41, 5.74) is 1.58. The van der Waals surface area contributed by atoms with E-state index in [9.17, 15) is 0 Å². The molecule has 2 aromatic heterocycles. The van der Waals surface area contributed by atoms with Crippen molar-refractivity contribution in [1.29, 1.82) is 0 Å². The largest absolute Gasteiger partial charge is 0.421 e. The summed E-state index contributed by atoms with van der Waals surface area (Å²) in [5, 5.41) is 8.91. The van der Waals surface area contributed by atoms with Crippen molar-refractivity contribution in [3.63, 3.8) is 0 Å². The Balaban J connectivity index is 2.22. The lowest BCUT2D eigenvalue weighted by molar-refractivity contribution is 0.533. The Hall–Kier alpha value is -2.01. The molecule has 0 aliphatic carbocycles. The van der Waals surface area contributed by atoms with Gasteiger partial charge in [-0.3, -0.25) is 0 Å². The normalized spacial score (nSPS) is 10.9. The van der Waals surface area contributed by atoms with Crippen LogP contribution in [0.2, 0.25) is 5.15 Å². The second kappa shape index (κ2) is 3.78. The fourth-order valence-corrected chi connectivity index (χ4v) is 1.77. The van der Waals surface area contributed by atoms with Gasteiger partial charge in [-0.05, 0) is 18.2 Å². The van der Waals surface area contributed by atoms with Crippen LogP contribution in [0.25, 0.3) is 22.4 Å². The second-order valence-corrected chi connectivity index (χ2v) is 3.88. The molecule has 0 unspecified atom stereocenters. The molecule has 0 bridgehead atoms. The summed E-state index contributed by atoms with van der Waals surface area (Å²) in [7, 11) is 0. The molecule has 0 N–H and O–H groups in total. The van der Waals surface area contributed by atoms with Crippen LogP contribution >= 0.6 is 11.6 Å². The predicted molar refractivity (Wildman–Crippen MR) is 62.6 cm³/mol. The van der Waals surface area contributed by atoms with Crippen molar-refractivity contribution in [2.75, 3.05) is 0 Å². The van der Waals surface area contributed by atoms with Gasteiger partial charge in [-0.2, -0.15) is 0 Å². The molecule has 2 heterocycles. The molecule has 0 radical (unpaired) electrons. The van der Waals surface area contributed by atoms with Gasteiger partial charge >= 0.3 is 0 Å². The first-order valence-corrected chi connectivity index (χ1v) is 5.32. The molecule has 84 valence electrons. The van der Waals surface area contributed by atoms with Crippen molar-refractivity contribution in [2.24, 2.45) is 0 Å². The first-order chi connectivity index (χ1) is 8.24. The Morgan fingerprint density at radius 3 is 2.82 bits per heavy atom. The van der Waals surface area contributed by atoms with Crippen LogP contribution in [-0.2, 0) is 0 Å². The van der Waals surface area contributed by atoms with Crippen molar-refractivity contribution in [3.8, 4) is 11.5 Å². The van der Waals surface area contributed by atoms with Crippen LogP contribution in [0.3, 0.4) is 0 Å². The quantitative estimate of drug-likeness (QED) is 0.618. The van der Waals surface area contributed by atoms with Crippen LogP contribution in [0.1, 0.15) is 5.89 Å². The first kappa shape index (κ1) is 10.2. The molecule has 5 nitrogen and oxygen atoms in total. The summed E-state index contributed by atoms with van der Waals surface area (Å²) in [6, 6.07) is 5.54. The Bertz CT molecular complexity index is 695. The van der Waals surface area contributed by atoms with Gasteiger partial charge in [0.25, 0.3) is 0 Å². The Labute approximate surface area is 101 Å². The average Bonchev–Trinajstić information content (AvgIpc) is 2.76. The van der Waals surface area contributed by atoms with Crippen LogP contribution in [0.5, 0.6) is 0 Å². The summed E-state index contributed by atoms with van der Waals surface area (Å²) in [6.45, 7) is 1.74. The number of nitrogens with zero attached hydrogens (tertiary/aromatic N) is 4. The molecule has 3 rings (SSSR count). The number of fused-ring (bicyclic) bond motifs is 1. The minimum Gasteiger partial charge on any atom is -0.421 e. The number of rotatable bonds is 1. The number of aryl methyl sites for hydroxylation is 1. The molecule has 1 aromatic carbocycles. The van der Waals surface area contributed by atoms with E-state index in [-0.39, 0.29) is 0 Å². The minimum atomic E-state index is 0.410. The lowest BCUT2D eigenvalue weighted by Gasteiger charge is -2.00. The second-order valence-electron chi connectivity index (χ2n) is 3.52. The molecule has 0 amide bonds. The highest BCUT2D eigenvalue weighted by Gasteiger charge is 2.08. The van der Waals surface area contributed by atoms with E-state index in [4.69, 9.17) is 16.0 Å². The zero-order valence-corrected chi connectivity index (χ0v) is 9.64. The highest BCUT2D eigenvalue weighted by molar-refractivity contribution is 6.34. The predicted octanol–water partition coefficient (Wildman–Crippen LogP) is 2.64. The average molecular weight is 247 g/mol. The van der Waals surface area contributed by atoms with Gasteiger partial charge in [0.15, 0.2) is 0 Å². The number of benzene rings is 1. The maximum atomic E-state index is 6.00. The highest BCUT2D eigenvalue weighted by Crippen LogP contribution is 2.25. The fourth-order valence-electron chi connectivity index (χ4n) is 1.57. The third-order valence-corrected chi connectivity index (χ3v) is 2.66. The summed E-state index contributed by atoms with van der Waals surface area (Å²) < 4.78 is 5.35. The van der Waals surface area contributed by atoms with E-state index in [1.165, 1.54) is 6.33 Å². The SMILES string of the molecule is Cc1nnc(-c2ccc3ncnc(Cl)c3c2)o1. The molecule has 0 atom stereocenters. The summed E-state index contributed by atoms with van der Waals surface area (Å²) in [4.78, 5) is 8.05. The van der Waals surface area contributed by atoms with E-state index in [0.717, 1.165) is 16.5 Å². The van der Waals surface area contributed by atoms with E-state index < -0.39 is 0 Å². The zero-order valence-electron chi connectivity index (χ0n) is 8.88. The van der Waals surface area contributed by atoms with Crippen LogP contribution in [0.15, 0.2) is 28.9 Å². The standard InChI is InChI=1S/C11H7ClN4O/c1-6-15-16-11(17-6)7-2-3-9-8(4-7)10(12)14-5-13-9/h2-5H,1H3. The Kier molecular flexibility index (Phi) is 2.26.